The van der Waals surface area contributed by atoms with Crippen LogP contribution >= 0.6 is 0 Å². The summed E-state index contributed by atoms with van der Waals surface area (Å²) in [4.78, 5) is 21.2. The lowest BCUT2D eigenvalue weighted by molar-refractivity contribution is 0.175. The standard InChI is InChI=1S/C16H17FN4O2/c1-16(2)10-23-15(22)21(16)13-12(17)9-19-14(20-13)18-8-11-6-4-3-5-7-11/h3-7,9H,8,10H2,1-2H3,(H,18,19,20). The molecule has 0 atom stereocenters. The molecule has 7 heteroatoms. The first-order valence-corrected chi connectivity index (χ1v) is 7.25. The summed E-state index contributed by atoms with van der Waals surface area (Å²) in [6, 6.07) is 9.70. The van der Waals surface area contributed by atoms with Crippen molar-refractivity contribution in [1.29, 1.82) is 0 Å². The van der Waals surface area contributed by atoms with Crippen LogP contribution in [0.4, 0.5) is 21.0 Å². The third-order valence-electron chi connectivity index (χ3n) is 3.57. The van der Waals surface area contributed by atoms with Crippen molar-refractivity contribution >= 4 is 17.9 Å². The Labute approximate surface area is 133 Å². The number of aromatic nitrogens is 2. The number of nitrogens with one attached hydrogen (secondary N) is 1. The molecule has 3 rings (SSSR count). The molecule has 6 nitrogen and oxygen atoms in total. The molecule has 0 aliphatic carbocycles. The normalized spacial score (nSPS) is 16.3. The Morgan fingerprint density at radius 2 is 2.09 bits per heavy atom. The van der Waals surface area contributed by atoms with E-state index in [2.05, 4.69) is 15.3 Å². The average Bonchev–Trinajstić information content (AvgIpc) is 2.81. The minimum absolute atomic E-state index is 0.0805. The number of rotatable bonds is 4. The van der Waals surface area contributed by atoms with Crippen LogP contribution in [0, 0.1) is 5.82 Å². The third-order valence-corrected chi connectivity index (χ3v) is 3.57. The zero-order valence-electron chi connectivity index (χ0n) is 12.9. The maximum atomic E-state index is 14.1. The monoisotopic (exact) mass is 316 g/mol. The second kappa shape index (κ2) is 5.83. The van der Waals surface area contributed by atoms with E-state index >= 15 is 0 Å². The van der Waals surface area contributed by atoms with Crippen LogP contribution in [0.5, 0.6) is 0 Å². The Kier molecular flexibility index (Phi) is 3.85. The van der Waals surface area contributed by atoms with E-state index in [1.54, 1.807) is 13.8 Å². The molecule has 1 N–H and O–H groups in total. The Balaban J connectivity index is 1.83. The molecule has 1 saturated heterocycles. The molecule has 0 spiro atoms. The van der Waals surface area contributed by atoms with Crippen molar-refractivity contribution in [1.82, 2.24) is 9.97 Å². The molecule has 1 aliphatic heterocycles. The fraction of sp³-hybridized carbons (Fsp3) is 0.312. The number of carbonyl (C=O) groups excluding carboxylic acids is 1. The maximum absolute atomic E-state index is 14.1. The highest BCUT2D eigenvalue weighted by atomic mass is 19.1. The van der Waals surface area contributed by atoms with Crippen LogP contribution in [0.3, 0.4) is 0 Å². The predicted molar refractivity (Wildman–Crippen MR) is 83.7 cm³/mol. The van der Waals surface area contributed by atoms with Crippen molar-refractivity contribution in [2.24, 2.45) is 0 Å². The minimum Gasteiger partial charge on any atom is -0.447 e. The summed E-state index contributed by atoms with van der Waals surface area (Å²) in [6.45, 7) is 4.26. The molecule has 1 aromatic heterocycles. The van der Waals surface area contributed by atoms with Gasteiger partial charge in [-0.1, -0.05) is 30.3 Å². The van der Waals surface area contributed by atoms with Gasteiger partial charge in [-0.15, -0.1) is 0 Å². The van der Waals surface area contributed by atoms with E-state index < -0.39 is 17.4 Å². The minimum atomic E-state index is -0.665. The Morgan fingerprint density at radius 3 is 2.74 bits per heavy atom. The summed E-state index contributed by atoms with van der Waals surface area (Å²) >= 11 is 0. The van der Waals surface area contributed by atoms with Gasteiger partial charge in [0.25, 0.3) is 0 Å². The van der Waals surface area contributed by atoms with Gasteiger partial charge in [0.2, 0.25) is 5.95 Å². The van der Waals surface area contributed by atoms with Gasteiger partial charge in [-0.2, -0.15) is 4.98 Å². The number of halogens is 1. The molecule has 0 unspecified atom stereocenters. The van der Waals surface area contributed by atoms with Gasteiger partial charge < -0.3 is 10.1 Å². The number of ether oxygens (including phenoxy) is 1. The Hall–Kier alpha value is -2.70. The highest BCUT2D eigenvalue weighted by Gasteiger charge is 2.43. The summed E-state index contributed by atoms with van der Waals surface area (Å²) in [7, 11) is 0. The fourth-order valence-corrected chi connectivity index (χ4v) is 2.36. The van der Waals surface area contributed by atoms with Gasteiger partial charge >= 0.3 is 6.09 Å². The topological polar surface area (TPSA) is 67.3 Å². The van der Waals surface area contributed by atoms with Crippen molar-refractivity contribution in [3.8, 4) is 0 Å². The number of anilines is 2. The molecular formula is C16H17FN4O2. The lowest BCUT2D eigenvalue weighted by atomic mass is 10.1. The van der Waals surface area contributed by atoms with Gasteiger partial charge in [-0.05, 0) is 19.4 Å². The number of nitrogens with zero attached hydrogens (tertiary/aromatic N) is 3. The van der Waals surface area contributed by atoms with Crippen LogP contribution in [-0.4, -0.2) is 28.2 Å². The van der Waals surface area contributed by atoms with Gasteiger partial charge in [0.05, 0.1) is 11.7 Å². The summed E-state index contributed by atoms with van der Waals surface area (Å²) in [5, 5.41) is 3.03. The van der Waals surface area contributed by atoms with Gasteiger partial charge in [0.1, 0.15) is 6.61 Å². The molecule has 0 bridgehead atoms. The van der Waals surface area contributed by atoms with Crippen LogP contribution in [0.25, 0.3) is 0 Å². The first kappa shape index (κ1) is 15.2. The summed E-state index contributed by atoms with van der Waals surface area (Å²) in [5.41, 5.74) is 0.381. The number of amides is 1. The van der Waals surface area contributed by atoms with Crippen LogP contribution in [0.1, 0.15) is 19.4 Å². The molecule has 2 heterocycles. The van der Waals surface area contributed by atoms with Crippen LogP contribution < -0.4 is 10.2 Å². The highest BCUT2D eigenvalue weighted by molar-refractivity contribution is 5.90. The zero-order valence-corrected chi connectivity index (χ0v) is 12.9. The van der Waals surface area contributed by atoms with E-state index in [0.717, 1.165) is 11.8 Å². The van der Waals surface area contributed by atoms with E-state index in [9.17, 15) is 9.18 Å². The molecular weight excluding hydrogens is 299 g/mol. The van der Waals surface area contributed by atoms with Crippen molar-refractivity contribution in [2.75, 3.05) is 16.8 Å². The SMILES string of the molecule is CC1(C)COC(=O)N1c1nc(NCc2ccccc2)ncc1F. The molecule has 1 aromatic carbocycles. The largest absolute Gasteiger partial charge is 0.447 e. The lowest BCUT2D eigenvalue weighted by Crippen LogP contribution is -2.43. The smallest absolute Gasteiger partial charge is 0.416 e. The van der Waals surface area contributed by atoms with Gasteiger partial charge in [0.15, 0.2) is 11.6 Å². The molecule has 1 fully saturated rings. The van der Waals surface area contributed by atoms with Gasteiger partial charge in [0, 0.05) is 6.54 Å². The molecule has 0 saturated carbocycles. The van der Waals surface area contributed by atoms with E-state index in [1.807, 2.05) is 30.3 Å². The Morgan fingerprint density at radius 1 is 1.35 bits per heavy atom. The first-order chi connectivity index (χ1) is 11.0. The molecule has 0 radical (unpaired) electrons. The second-order valence-corrected chi connectivity index (χ2v) is 5.91. The van der Waals surface area contributed by atoms with Gasteiger partial charge in [-0.3, -0.25) is 0 Å². The van der Waals surface area contributed by atoms with Crippen LogP contribution in [-0.2, 0) is 11.3 Å². The number of carbonyl (C=O) groups is 1. The molecule has 2 aromatic rings. The number of hydrogen-bond donors (Lipinski definition) is 1. The molecule has 23 heavy (non-hydrogen) atoms. The van der Waals surface area contributed by atoms with E-state index in [4.69, 9.17) is 4.74 Å². The van der Waals surface area contributed by atoms with Crippen LogP contribution in [0.15, 0.2) is 36.5 Å². The zero-order chi connectivity index (χ0) is 16.4. The first-order valence-electron chi connectivity index (χ1n) is 7.25. The molecule has 1 aliphatic rings. The quantitative estimate of drug-likeness (QED) is 0.939. The van der Waals surface area contributed by atoms with Crippen molar-refractivity contribution in [3.05, 3.63) is 47.9 Å². The number of benzene rings is 1. The molecule has 1 amide bonds. The summed E-state index contributed by atoms with van der Waals surface area (Å²) in [5.74, 6) is -0.494. The second-order valence-electron chi connectivity index (χ2n) is 5.91. The van der Waals surface area contributed by atoms with Crippen molar-refractivity contribution in [3.63, 3.8) is 0 Å². The van der Waals surface area contributed by atoms with E-state index in [1.165, 1.54) is 4.90 Å². The number of cyclic esters (lactones) is 1. The van der Waals surface area contributed by atoms with Gasteiger partial charge in [-0.25, -0.2) is 19.1 Å². The third kappa shape index (κ3) is 3.08. The van der Waals surface area contributed by atoms with Crippen LogP contribution in [0.2, 0.25) is 0 Å². The predicted octanol–water partition coefficient (Wildman–Crippen LogP) is 2.96. The molecule has 120 valence electrons. The maximum Gasteiger partial charge on any atom is 0.416 e. The lowest BCUT2D eigenvalue weighted by Gasteiger charge is -2.27. The number of hydrogen-bond acceptors (Lipinski definition) is 5. The van der Waals surface area contributed by atoms with E-state index in [-0.39, 0.29) is 18.4 Å². The van der Waals surface area contributed by atoms with Crippen molar-refractivity contribution in [2.45, 2.75) is 25.9 Å². The fourth-order valence-electron chi connectivity index (χ4n) is 2.36. The summed E-state index contributed by atoms with van der Waals surface area (Å²) in [6.07, 6.45) is 0.443. The highest BCUT2D eigenvalue weighted by Crippen LogP contribution is 2.31. The van der Waals surface area contributed by atoms with Crippen molar-refractivity contribution < 1.29 is 13.9 Å². The Bertz CT molecular complexity index is 721. The van der Waals surface area contributed by atoms with E-state index in [0.29, 0.717) is 6.54 Å². The summed E-state index contributed by atoms with van der Waals surface area (Å²) < 4.78 is 19.1. The average molecular weight is 316 g/mol.